The van der Waals surface area contributed by atoms with Crippen LogP contribution in [0.5, 0.6) is 5.75 Å². The van der Waals surface area contributed by atoms with Crippen molar-refractivity contribution >= 4 is 0 Å². The van der Waals surface area contributed by atoms with E-state index in [0.717, 1.165) is 29.7 Å². The highest BCUT2D eigenvalue weighted by atomic mass is 16.5. The monoisotopic (exact) mass is 327 g/mol. The normalized spacial score (nSPS) is 10.9. The van der Waals surface area contributed by atoms with Crippen LogP contribution in [0.15, 0.2) is 84.9 Å². The summed E-state index contributed by atoms with van der Waals surface area (Å²) >= 11 is 0. The molecule has 2 nitrogen and oxygen atoms in total. The third-order valence-electron chi connectivity index (χ3n) is 4.67. The number of rotatable bonds is 6. The highest BCUT2D eigenvalue weighted by molar-refractivity contribution is 5.46. The Morgan fingerprint density at radius 2 is 1.32 bits per heavy atom. The number of aryl methyl sites for hydroxylation is 1. The fraction of sp³-hybridized carbons (Fsp3) is 0.174. The Morgan fingerprint density at radius 1 is 0.800 bits per heavy atom. The lowest BCUT2D eigenvalue weighted by molar-refractivity contribution is 0.414. The van der Waals surface area contributed by atoms with Crippen molar-refractivity contribution in [1.82, 2.24) is 0 Å². The number of nitrogens with zero attached hydrogens (tertiary/aromatic N) is 1. The molecular formula is C23H21NO. The van der Waals surface area contributed by atoms with Gasteiger partial charge in [0, 0.05) is 0 Å². The van der Waals surface area contributed by atoms with Gasteiger partial charge in [-0.05, 0) is 41.7 Å². The van der Waals surface area contributed by atoms with Crippen LogP contribution in [0.3, 0.4) is 0 Å². The van der Waals surface area contributed by atoms with Crippen LogP contribution >= 0.6 is 0 Å². The van der Waals surface area contributed by atoms with Gasteiger partial charge in [-0.3, -0.25) is 0 Å². The number of hydrogen-bond acceptors (Lipinski definition) is 2. The summed E-state index contributed by atoms with van der Waals surface area (Å²) in [5, 5.41) is 10.2. The lowest BCUT2D eigenvalue weighted by Gasteiger charge is -2.28. The minimum atomic E-state index is -0.650. The van der Waals surface area contributed by atoms with Crippen LogP contribution in [0.1, 0.15) is 23.1 Å². The molecule has 0 saturated heterocycles. The SMILES string of the molecule is COc1ccc(CCC(C#N)(c2ccccc2)c2ccccc2)cc1. The molecule has 0 heterocycles. The van der Waals surface area contributed by atoms with Crippen LogP contribution in [0.25, 0.3) is 0 Å². The van der Waals surface area contributed by atoms with Crippen molar-refractivity contribution in [3.63, 3.8) is 0 Å². The summed E-state index contributed by atoms with van der Waals surface area (Å²) in [5.74, 6) is 0.849. The predicted octanol–water partition coefficient (Wildman–Crippen LogP) is 5.14. The van der Waals surface area contributed by atoms with Gasteiger partial charge in [0.2, 0.25) is 0 Å². The maximum absolute atomic E-state index is 10.2. The van der Waals surface area contributed by atoms with Crippen LogP contribution in [0.2, 0.25) is 0 Å². The molecule has 0 spiro atoms. The second-order valence-corrected chi connectivity index (χ2v) is 6.10. The van der Waals surface area contributed by atoms with E-state index in [1.807, 2.05) is 72.8 Å². The Bertz CT molecular complexity index is 793. The summed E-state index contributed by atoms with van der Waals surface area (Å²) in [7, 11) is 1.67. The number of methoxy groups -OCH3 is 1. The van der Waals surface area contributed by atoms with Crippen LogP contribution in [0.4, 0.5) is 0 Å². The molecule has 0 radical (unpaired) electrons. The van der Waals surface area contributed by atoms with Crippen molar-refractivity contribution in [2.45, 2.75) is 18.3 Å². The first kappa shape index (κ1) is 16.8. The first-order valence-corrected chi connectivity index (χ1v) is 8.44. The van der Waals surface area contributed by atoms with Crippen molar-refractivity contribution in [1.29, 1.82) is 5.26 Å². The quantitative estimate of drug-likeness (QED) is 0.628. The van der Waals surface area contributed by atoms with Gasteiger partial charge in [0.25, 0.3) is 0 Å². The molecule has 0 unspecified atom stereocenters. The van der Waals surface area contributed by atoms with Gasteiger partial charge in [-0.15, -0.1) is 0 Å². The van der Waals surface area contributed by atoms with E-state index in [2.05, 4.69) is 18.2 Å². The fourth-order valence-electron chi connectivity index (χ4n) is 3.21. The molecule has 124 valence electrons. The minimum Gasteiger partial charge on any atom is -0.497 e. The largest absolute Gasteiger partial charge is 0.497 e. The molecule has 2 heteroatoms. The molecule has 0 amide bonds. The number of nitriles is 1. The lowest BCUT2D eigenvalue weighted by Crippen LogP contribution is -2.26. The number of hydrogen-bond donors (Lipinski definition) is 0. The summed E-state index contributed by atoms with van der Waals surface area (Å²) in [6.45, 7) is 0. The highest BCUT2D eigenvalue weighted by Gasteiger charge is 2.33. The van der Waals surface area contributed by atoms with E-state index < -0.39 is 5.41 Å². The van der Waals surface area contributed by atoms with Gasteiger partial charge in [-0.25, -0.2) is 0 Å². The van der Waals surface area contributed by atoms with Gasteiger partial charge in [0.05, 0.1) is 13.2 Å². The second-order valence-electron chi connectivity index (χ2n) is 6.10. The standard InChI is InChI=1S/C23H21NO/c1-25-22-14-12-19(13-15-22)16-17-23(18-24,20-8-4-2-5-9-20)21-10-6-3-7-11-21/h2-15H,16-17H2,1H3. The van der Waals surface area contributed by atoms with Crippen LogP contribution in [-0.4, -0.2) is 7.11 Å². The summed E-state index contributed by atoms with van der Waals surface area (Å²) < 4.78 is 5.22. The Hall–Kier alpha value is -3.05. The molecule has 0 N–H and O–H groups in total. The molecule has 0 saturated carbocycles. The smallest absolute Gasteiger partial charge is 0.118 e. The Kier molecular flexibility index (Phi) is 5.16. The molecule has 3 aromatic carbocycles. The topological polar surface area (TPSA) is 33.0 Å². The number of benzene rings is 3. The zero-order valence-corrected chi connectivity index (χ0v) is 14.4. The van der Waals surface area contributed by atoms with Crippen LogP contribution in [-0.2, 0) is 11.8 Å². The van der Waals surface area contributed by atoms with Gasteiger partial charge in [0.15, 0.2) is 0 Å². The molecule has 25 heavy (non-hydrogen) atoms. The molecule has 0 aliphatic rings. The Labute approximate surface area is 149 Å². The van der Waals surface area contributed by atoms with E-state index in [9.17, 15) is 5.26 Å². The first-order valence-electron chi connectivity index (χ1n) is 8.44. The van der Waals surface area contributed by atoms with Gasteiger partial charge in [-0.1, -0.05) is 72.8 Å². The van der Waals surface area contributed by atoms with Crippen molar-refractivity contribution in [3.05, 3.63) is 102 Å². The van der Waals surface area contributed by atoms with Crippen molar-refractivity contribution < 1.29 is 4.74 Å². The molecule has 0 aliphatic carbocycles. The van der Waals surface area contributed by atoms with E-state index in [1.165, 1.54) is 5.56 Å². The van der Waals surface area contributed by atoms with Gasteiger partial charge < -0.3 is 4.74 Å². The molecule has 0 bridgehead atoms. The zero-order chi connectivity index (χ0) is 17.5. The van der Waals surface area contributed by atoms with Crippen LogP contribution in [0, 0.1) is 11.3 Å². The Morgan fingerprint density at radius 3 is 1.76 bits per heavy atom. The summed E-state index contributed by atoms with van der Waals surface area (Å²) in [4.78, 5) is 0. The molecular weight excluding hydrogens is 306 g/mol. The molecule has 0 aromatic heterocycles. The van der Waals surface area contributed by atoms with E-state index in [4.69, 9.17) is 4.74 Å². The second kappa shape index (κ2) is 7.68. The predicted molar refractivity (Wildman–Crippen MR) is 101 cm³/mol. The fourth-order valence-corrected chi connectivity index (χ4v) is 3.21. The minimum absolute atomic E-state index is 0.650. The van der Waals surface area contributed by atoms with Crippen molar-refractivity contribution in [2.24, 2.45) is 0 Å². The molecule has 0 atom stereocenters. The zero-order valence-electron chi connectivity index (χ0n) is 14.4. The molecule has 0 fully saturated rings. The van der Waals surface area contributed by atoms with Gasteiger partial charge >= 0.3 is 0 Å². The van der Waals surface area contributed by atoms with Gasteiger partial charge in [-0.2, -0.15) is 5.26 Å². The molecule has 0 aliphatic heterocycles. The van der Waals surface area contributed by atoms with E-state index in [1.54, 1.807) is 7.11 Å². The van der Waals surface area contributed by atoms with Gasteiger partial charge in [0.1, 0.15) is 11.2 Å². The average molecular weight is 327 g/mol. The van der Waals surface area contributed by atoms with E-state index in [0.29, 0.717) is 0 Å². The lowest BCUT2D eigenvalue weighted by atomic mass is 9.72. The summed E-state index contributed by atoms with van der Waals surface area (Å²) in [5.41, 5.74) is 2.63. The van der Waals surface area contributed by atoms with Crippen molar-refractivity contribution in [2.75, 3.05) is 7.11 Å². The molecule has 3 rings (SSSR count). The average Bonchev–Trinajstić information content (AvgIpc) is 2.71. The molecule has 3 aromatic rings. The highest BCUT2D eigenvalue weighted by Crippen LogP contribution is 2.36. The summed E-state index contributed by atoms with van der Waals surface area (Å²) in [6.07, 6.45) is 1.55. The first-order chi connectivity index (χ1) is 12.3. The maximum atomic E-state index is 10.2. The maximum Gasteiger partial charge on any atom is 0.118 e. The summed E-state index contributed by atoms with van der Waals surface area (Å²) in [6, 6.07) is 30.8. The number of ether oxygens (including phenoxy) is 1. The van der Waals surface area contributed by atoms with Crippen molar-refractivity contribution in [3.8, 4) is 11.8 Å². The van der Waals surface area contributed by atoms with Crippen LogP contribution < -0.4 is 4.74 Å². The third-order valence-corrected chi connectivity index (χ3v) is 4.67. The van der Waals surface area contributed by atoms with E-state index in [-0.39, 0.29) is 0 Å². The Balaban J connectivity index is 1.95. The third kappa shape index (κ3) is 3.56. The van der Waals surface area contributed by atoms with E-state index >= 15 is 0 Å².